The first kappa shape index (κ1) is 54.0. The van der Waals surface area contributed by atoms with Crippen molar-refractivity contribution in [3.63, 3.8) is 0 Å². The van der Waals surface area contributed by atoms with Gasteiger partial charge in [0.25, 0.3) is 0 Å². The van der Waals surface area contributed by atoms with Crippen LogP contribution in [0.25, 0.3) is 0 Å². The van der Waals surface area contributed by atoms with E-state index in [9.17, 15) is 0 Å². The Hall–Kier alpha value is -3.47. The van der Waals surface area contributed by atoms with Gasteiger partial charge < -0.3 is 0 Å². The van der Waals surface area contributed by atoms with Crippen LogP contribution in [0.1, 0.15) is 267 Å². The zero-order valence-corrected chi connectivity index (χ0v) is 59.8. The van der Waals surface area contributed by atoms with E-state index < -0.39 is 60.8 Å². The normalized spacial score (nSPS) is 19.7. The topological polar surface area (TPSA) is 0 Å². The van der Waals surface area contributed by atoms with Gasteiger partial charge in [-0.05, 0) is 226 Å². The average Bonchev–Trinajstić information content (AvgIpc) is 0.798. The van der Waals surface area contributed by atoms with E-state index in [4.69, 9.17) is 20.6 Å². The van der Waals surface area contributed by atoms with Crippen LogP contribution in [0.5, 0.6) is 0 Å². The SMILES string of the molecule is CC[Si](C)(CC)CC.C[Si](C)(C)C.[2H]C([2H])([2H])c1cc(C([2H])([2H])C(C)(C)C)ccc1C.[2H]C([2H])([2H])c1cc(C2([2H])CCC(C)(C)CC2)ccc1C.[2H]C([2H])([2H])c1cc(CC(C)(C)C)ccc1C.[2H]C([2H])(c1ccc(C)cc1)C(C)(C)C.[2H]C1(c2ccc(C)cc2)CCC(C)(C)CC1. The predicted octanol–water partition coefficient (Wildman–Crippen LogP) is 26.1. The molecule has 0 aromatic heterocycles. The summed E-state index contributed by atoms with van der Waals surface area (Å²) in [6.07, 6.45) is 6.06. The van der Waals surface area contributed by atoms with Gasteiger partial charge in [0.15, 0.2) is 0 Å². The van der Waals surface area contributed by atoms with Crippen molar-refractivity contribution in [2.75, 3.05) is 0 Å². The minimum Gasteiger partial charge on any atom is -0.0697 e. The van der Waals surface area contributed by atoms with Gasteiger partial charge in [-0.3, -0.25) is 0 Å². The Kier molecular flexibility index (Phi) is 22.8. The second kappa shape index (κ2) is 34.6. The van der Waals surface area contributed by atoms with Crippen molar-refractivity contribution < 1.29 is 20.6 Å². The third kappa shape index (κ3) is 35.1. The Morgan fingerprint density at radius 2 is 0.732 bits per heavy atom. The minimum atomic E-state index is -2.20. The number of aryl methyl sites for hydroxylation is 8. The zero-order valence-electron chi connectivity index (χ0n) is 72.8. The summed E-state index contributed by atoms with van der Waals surface area (Å²) >= 11 is 0. The van der Waals surface area contributed by atoms with E-state index in [0.717, 1.165) is 72.8 Å². The molecule has 0 aliphatic heterocycles. The van der Waals surface area contributed by atoms with Gasteiger partial charge in [0.1, 0.15) is 0 Å². The number of benzene rings is 5. The average molecular weight is 1170 g/mol. The van der Waals surface area contributed by atoms with Gasteiger partial charge >= 0.3 is 0 Å². The largest absolute Gasteiger partial charge is 0.0697 e. The summed E-state index contributed by atoms with van der Waals surface area (Å²) in [6, 6.07) is 36.7. The summed E-state index contributed by atoms with van der Waals surface area (Å²) in [4.78, 5) is 0. The molecular weight excluding hydrogens is 1020 g/mol. The standard InChI is InChI=1S/C16H24.C15H22.2C13H20.C12H18.C7H18Si.C4H12Si/c1-12-5-6-15(11-13(12)2)14-7-9-16(3,4)10-8-14;1-12-4-6-13(7-5-12)14-8-10-15(2,3)11-9-14;2*1-10-6-7-12(8-11(10)2)9-13(3,4)5;1-10-5-7-11(8-6-10)9-12(2,3)4;1-5-8(4,6-2)7-3;1-5(2,3)4/h5-6,11,14H,7-10H2,1-4H3;4-7,14H,8-11H2,1-3H3;2*6-8H,9H2,1-5H3;5-8H,9H2,1-4H3;5-7H2,1-4H3;1-4H3/i2D3,14D;14D;2D3,9D2;2D3;9D2;;. The van der Waals surface area contributed by atoms with Crippen molar-refractivity contribution >= 4 is 16.1 Å². The van der Waals surface area contributed by atoms with Crippen LogP contribution < -0.4 is 0 Å². The maximum atomic E-state index is 8.73. The molecule has 2 aliphatic rings. The molecule has 0 heterocycles. The van der Waals surface area contributed by atoms with E-state index in [2.05, 4.69) is 133 Å². The molecule has 2 saturated carbocycles. The van der Waals surface area contributed by atoms with Gasteiger partial charge in [0, 0.05) is 36.7 Å². The quantitative estimate of drug-likeness (QED) is 0.136. The first-order valence-electron chi connectivity index (χ1n) is 38.8. The summed E-state index contributed by atoms with van der Waals surface area (Å²) in [5, 5.41) is 0. The molecule has 0 saturated heterocycles. The Morgan fingerprint density at radius 1 is 0.427 bits per heavy atom. The van der Waals surface area contributed by atoms with Gasteiger partial charge in [-0.1, -0.05) is 276 Å². The predicted molar refractivity (Wildman–Crippen MR) is 382 cm³/mol. The van der Waals surface area contributed by atoms with Crippen LogP contribution >= 0.6 is 0 Å². The second-order valence-electron chi connectivity index (χ2n) is 30.8. The highest BCUT2D eigenvalue weighted by Gasteiger charge is 2.29. The van der Waals surface area contributed by atoms with Gasteiger partial charge in [-0.25, -0.2) is 0 Å². The maximum absolute atomic E-state index is 8.73. The lowest BCUT2D eigenvalue weighted by atomic mass is 9.71. The number of rotatable bonds is 8. The minimum absolute atomic E-state index is 0.182. The molecule has 2 aliphatic carbocycles. The highest BCUT2D eigenvalue weighted by atomic mass is 28.3. The van der Waals surface area contributed by atoms with Crippen LogP contribution in [-0.2, 0) is 19.2 Å². The van der Waals surface area contributed by atoms with Gasteiger partial charge in [0.05, 0.1) is 0 Å². The Morgan fingerprint density at radius 3 is 1.09 bits per heavy atom. The molecule has 0 unspecified atom stereocenters. The van der Waals surface area contributed by atoms with Crippen LogP contribution in [0.3, 0.4) is 0 Å². The molecule has 82 heavy (non-hydrogen) atoms. The van der Waals surface area contributed by atoms with Gasteiger partial charge in [0.2, 0.25) is 0 Å². The van der Waals surface area contributed by atoms with Crippen LogP contribution in [-0.4, -0.2) is 16.1 Å². The number of hydrogen-bond acceptors (Lipinski definition) is 0. The van der Waals surface area contributed by atoms with Crippen LogP contribution in [0.15, 0.2) is 103 Å². The lowest BCUT2D eigenvalue weighted by Gasteiger charge is -2.34. The Labute approximate surface area is 536 Å². The van der Waals surface area contributed by atoms with Crippen molar-refractivity contribution in [3.05, 3.63) is 175 Å². The van der Waals surface area contributed by atoms with Crippen molar-refractivity contribution in [1.29, 1.82) is 0 Å². The lowest BCUT2D eigenvalue weighted by Crippen LogP contribution is -2.25. The fourth-order valence-electron chi connectivity index (χ4n) is 9.01. The molecule has 0 amide bonds. The molecular formula is C80H134Si2. The summed E-state index contributed by atoms with van der Waals surface area (Å²) in [5.41, 5.74) is 10.2. The summed E-state index contributed by atoms with van der Waals surface area (Å²) in [7, 11) is -1.28. The van der Waals surface area contributed by atoms with E-state index in [1.54, 1.807) is 25.1 Å². The van der Waals surface area contributed by atoms with Crippen molar-refractivity contribution in [1.82, 2.24) is 0 Å². The molecule has 0 N–H and O–H groups in total. The monoisotopic (exact) mass is 1170 g/mol. The Balaban J connectivity index is 0.000000581. The van der Waals surface area contributed by atoms with Crippen molar-refractivity contribution in [2.45, 2.75) is 299 Å². The first-order chi connectivity index (χ1) is 43.3. The fourth-order valence-corrected chi connectivity index (χ4v) is 10.5. The lowest BCUT2D eigenvalue weighted by molar-refractivity contribution is 0.224. The fraction of sp³-hybridized carbons (Fsp3) is 0.625. The summed E-state index contributed by atoms with van der Waals surface area (Å²) in [6.45, 7) is 48.8. The molecule has 0 nitrogen and oxygen atoms in total. The molecule has 7 rings (SSSR count). The van der Waals surface area contributed by atoms with Gasteiger partial charge in [-0.15, -0.1) is 0 Å². The summed E-state index contributed by atoms with van der Waals surface area (Å²) < 4.78 is 118. The third-order valence-corrected chi connectivity index (χ3v) is 20.6. The van der Waals surface area contributed by atoms with E-state index in [1.165, 1.54) is 53.7 Å². The molecule has 5 aromatic carbocycles. The van der Waals surface area contributed by atoms with Crippen molar-refractivity contribution in [2.24, 2.45) is 27.1 Å². The van der Waals surface area contributed by atoms with Crippen LogP contribution in [0.4, 0.5) is 0 Å². The van der Waals surface area contributed by atoms with Gasteiger partial charge in [-0.2, -0.15) is 0 Å². The third-order valence-electron chi connectivity index (χ3n) is 15.4. The van der Waals surface area contributed by atoms with E-state index >= 15 is 0 Å². The maximum Gasteiger partial charge on any atom is 0.0496 e. The van der Waals surface area contributed by atoms with Crippen LogP contribution in [0, 0.1) is 82.2 Å². The Bertz CT molecular complexity index is 3140. The number of hydrogen-bond donors (Lipinski definition) is 0. The molecule has 0 spiro atoms. The highest BCUT2D eigenvalue weighted by molar-refractivity contribution is 6.78. The smallest absolute Gasteiger partial charge is 0.0496 e. The van der Waals surface area contributed by atoms with E-state index in [0.29, 0.717) is 33.1 Å². The highest BCUT2D eigenvalue weighted by Crippen LogP contribution is 2.43. The summed E-state index contributed by atoms with van der Waals surface area (Å²) in [5.74, 6) is -0.952. The van der Waals surface area contributed by atoms with E-state index in [-0.39, 0.29) is 22.3 Å². The molecule has 2 fully saturated rings. The first-order valence-corrected chi connectivity index (χ1v) is 38.4. The van der Waals surface area contributed by atoms with Crippen LogP contribution in [0.2, 0.25) is 50.9 Å². The second-order valence-corrected chi connectivity index (χ2v) is 42.6. The molecule has 0 bridgehead atoms. The van der Waals surface area contributed by atoms with E-state index in [1.807, 2.05) is 117 Å². The molecule has 462 valence electrons. The molecule has 5 aromatic rings. The zero-order chi connectivity index (χ0) is 76.0. The van der Waals surface area contributed by atoms with Crippen molar-refractivity contribution in [3.8, 4) is 0 Å². The molecule has 0 atom stereocenters. The molecule has 2 heteroatoms. The molecule has 0 radical (unpaired) electrons.